The van der Waals surface area contributed by atoms with Gasteiger partial charge in [0.2, 0.25) is 0 Å². The summed E-state index contributed by atoms with van der Waals surface area (Å²) < 4.78 is 0. The minimum Gasteiger partial charge on any atom is -0.324 e. The maximum atomic E-state index is 6.38. The van der Waals surface area contributed by atoms with Crippen molar-refractivity contribution in [3.63, 3.8) is 0 Å². The maximum absolute atomic E-state index is 6.38. The lowest BCUT2D eigenvalue weighted by Gasteiger charge is -2.39. The predicted octanol–water partition coefficient (Wildman–Crippen LogP) is 4.29. The third-order valence-corrected chi connectivity index (χ3v) is 5.04. The average molecular weight is 243 g/mol. The van der Waals surface area contributed by atoms with Gasteiger partial charge in [0, 0.05) is 6.04 Å². The van der Waals surface area contributed by atoms with Gasteiger partial charge in [-0.05, 0) is 49.0 Å². The van der Waals surface area contributed by atoms with E-state index in [2.05, 4.69) is 30.3 Å². The van der Waals surface area contributed by atoms with Crippen LogP contribution in [-0.2, 0) is 0 Å². The van der Waals surface area contributed by atoms with Crippen molar-refractivity contribution >= 4 is 0 Å². The molecule has 18 heavy (non-hydrogen) atoms. The molecule has 98 valence electrons. The summed E-state index contributed by atoms with van der Waals surface area (Å²) in [5, 5.41) is 0. The van der Waals surface area contributed by atoms with Crippen molar-refractivity contribution in [2.24, 2.45) is 23.5 Å². The Morgan fingerprint density at radius 3 is 2.33 bits per heavy atom. The smallest absolute Gasteiger partial charge is 0.0297 e. The molecule has 1 aromatic rings. The predicted molar refractivity (Wildman–Crippen MR) is 76.2 cm³/mol. The van der Waals surface area contributed by atoms with Gasteiger partial charge in [0.1, 0.15) is 0 Å². The summed E-state index contributed by atoms with van der Waals surface area (Å²) in [6, 6.07) is 10.9. The van der Waals surface area contributed by atoms with Crippen LogP contribution in [0.1, 0.15) is 56.6 Å². The molecule has 1 unspecified atom stereocenters. The molecule has 1 nitrogen and oxygen atoms in total. The molecule has 0 heterocycles. The molecule has 2 N–H and O–H groups in total. The van der Waals surface area contributed by atoms with Crippen molar-refractivity contribution in [3.8, 4) is 0 Å². The second kappa shape index (κ2) is 5.44. The Labute approximate surface area is 111 Å². The Balaban J connectivity index is 1.59. The van der Waals surface area contributed by atoms with Crippen molar-refractivity contribution < 1.29 is 0 Å². The third-order valence-electron chi connectivity index (χ3n) is 5.04. The highest BCUT2D eigenvalue weighted by molar-refractivity contribution is 5.18. The van der Waals surface area contributed by atoms with E-state index in [4.69, 9.17) is 5.73 Å². The summed E-state index contributed by atoms with van der Waals surface area (Å²) in [5.74, 6) is 2.92. The lowest BCUT2D eigenvalue weighted by atomic mass is 9.66. The van der Waals surface area contributed by atoms with Crippen LogP contribution >= 0.6 is 0 Å². The fraction of sp³-hybridized carbons (Fsp3) is 0.647. The standard InChI is InChI=1S/C17H25N/c18-17(16-7-2-1-3-8-16)12-15-10-13-5-4-6-14(9-13)11-15/h1-3,7-8,13-15,17H,4-6,9-12,18H2/t13-,14?,15-,17-/m0/s1. The molecule has 3 rings (SSSR count). The van der Waals surface area contributed by atoms with Crippen LogP contribution in [0.25, 0.3) is 0 Å². The van der Waals surface area contributed by atoms with Crippen LogP contribution < -0.4 is 5.73 Å². The second-order valence-electron chi connectivity index (χ2n) is 6.49. The summed E-state index contributed by atoms with van der Waals surface area (Å²) in [4.78, 5) is 0. The van der Waals surface area contributed by atoms with Crippen molar-refractivity contribution in [1.82, 2.24) is 0 Å². The molecule has 2 aliphatic carbocycles. The van der Waals surface area contributed by atoms with Gasteiger partial charge in [-0.25, -0.2) is 0 Å². The normalized spacial score (nSPS) is 33.1. The van der Waals surface area contributed by atoms with E-state index in [1.54, 1.807) is 0 Å². The summed E-state index contributed by atoms with van der Waals surface area (Å²) in [7, 11) is 0. The monoisotopic (exact) mass is 243 g/mol. The van der Waals surface area contributed by atoms with Gasteiger partial charge in [0.25, 0.3) is 0 Å². The fourth-order valence-electron chi connectivity index (χ4n) is 4.26. The molecule has 2 fully saturated rings. The summed E-state index contributed by atoms with van der Waals surface area (Å²) >= 11 is 0. The lowest BCUT2D eigenvalue weighted by molar-refractivity contribution is 0.128. The van der Waals surface area contributed by atoms with Crippen LogP contribution in [0.15, 0.2) is 30.3 Å². The summed E-state index contributed by atoms with van der Waals surface area (Å²) in [6.07, 6.45) is 10.0. The number of hydrogen-bond acceptors (Lipinski definition) is 1. The minimum atomic E-state index is 0.245. The van der Waals surface area contributed by atoms with Crippen LogP contribution in [-0.4, -0.2) is 0 Å². The van der Waals surface area contributed by atoms with E-state index in [-0.39, 0.29) is 6.04 Å². The Bertz CT molecular complexity index is 360. The van der Waals surface area contributed by atoms with Crippen LogP contribution in [0, 0.1) is 17.8 Å². The maximum Gasteiger partial charge on any atom is 0.0297 e. The largest absolute Gasteiger partial charge is 0.324 e. The van der Waals surface area contributed by atoms with Crippen LogP contribution in [0.4, 0.5) is 0 Å². The van der Waals surface area contributed by atoms with E-state index >= 15 is 0 Å². The lowest BCUT2D eigenvalue weighted by Crippen LogP contribution is -2.28. The number of benzene rings is 1. The van der Waals surface area contributed by atoms with Gasteiger partial charge in [-0.1, -0.05) is 49.6 Å². The molecule has 1 aromatic carbocycles. The quantitative estimate of drug-likeness (QED) is 0.842. The first-order valence-corrected chi connectivity index (χ1v) is 7.62. The molecule has 0 saturated heterocycles. The van der Waals surface area contributed by atoms with Crippen molar-refractivity contribution in [1.29, 1.82) is 0 Å². The molecule has 4 atom stereocenters. The fourth-order valence-corrected chi connectivity index (χ4v) is 4.26. The molecule has 1 heteroatoms. The summed E-state index contributed by atoms with van der Waals surface area (Å²) in [5.41, 5.74) is 7.69. The molecule has 2 bridgehead atoms. The number of hydrogen-bond donors (Lipinski definition) is 1. The Kier molecular flexibility index (Phi) is 3.69. The van der Waals surface area contributed by atoms with Gasteiger partial charge >= 0.3 is 0 Å². The van der Waals surface area contributed by atoms with Gasteiger partial charge < -0.3 is 5.73 Å². The zero-order chi connectivity index (χ0) is 12.4. The van der Waals surface area contributed by atoms with Gasteiger partial charge in [0.05, 0.1) is 0 Å². The van der Waals surface area contributed by atoms with Gasteiger partial charge in [0.15, 0.2) is 0 Å². The SMILES string of the molecule is N[C@@H](C[C@@H]1CC2CCC[C@@H](C2)C1)c1ccccc1. The number of nitrogens with two attached hydrogens (primary N) is 1. The third kappa shape index (κ3) is 2.77. The van der Waals surface area contributed by atoms with Crippen molar-refractivity contribution in [2.75, 3.05) is 0 Å². The van der Waals surface area contributed by atoms with E-state index in [1.165, 1.54) is 50.5 Å². The molecule has 0 spiro atoms. The molecule has 0 radical (unpaired) electrons. The van der Waals surface area contributed by atoms with Crippen LogP contribution in [0.3, 0.4) is 0 Å². The highest BCUT2D eigenvalue weighted by Gasteiger charge is 2.32. The molecular formula is C17H25N. The molecular weight excluding hydrogens is 218 g/mol. The van der Waals surface area contributed by atoms with E-state index in [0.717, 1.165) is 17.8 Å². The van der Waals surface area contributed by atoms with Crippen molar-refractivity contribution in [3.05, 3.63) is 35.9 Å². The topological polar surface area (TPSA) is 26.0 Å². The highest BCUT2D eigenvalue weighted by Crippen LogP contribution is 2.44. The first-order valence-electron chi connectivity index (χ1n) is 7.62. The number of rotatable bonds is 3. The van der Waals surface area contributed by atoms with Crippen LogP contribution in [0.2, 0.25) is 0 Å². The second-order valence-corrected chi connectivity index (χ2v) is 6.49. The highest BCUT2D eigenvalue weighted by atomic mass is 14.6. The van der Waals surface area contributed by atoms with Crippen molar-refractivity contribution in [2.45, 2.75) is 51.0 Å². The van der Waals surface area contributed by atoms with Crippen LogP contribution in [0.5, 0.6) is 0 Å². The van der Waals surface area contributed by atoms with E-state index < -0.39 is 0 Å². The summed E-state index contributed by atoms with van der Waals surface area (Å²) in [6.45, 7) is 0. The van der Waals surface area contributed by atoms with Gasteiger partial charge in [-0.3, -0.25) is 0 Å². The zero-order valence-corrected chi connectivity index (χ0v) is 11.2. The minimum absolute atomic E-state index is 0.245. The van der Waals surface area contributed by atoms with Gasteiger partial charge in [-0.2, -0.15) is 0 Å². The Morgan fingerprint density at radius 1 is 1.00 bits per heavy atom. The Morgan fingerprint density at radius 2 is 1.67 bits per heavy atom. The molecule has 0 aliphatic heterocycles. The first kappa shape index (κ1) is 12.2. The molecule has 2 saturated carbocycles. The van der Waals surface area contributed by atoms with E-state index in [9.17, 15) is 0 Å². The number of fused-ring (bicyclic) bond motifs is 2. The molecule has 2 aliphatic rings. The van der Waals surface area contributed by atoms with Gasteiger partial charge in [-0.15, -0.1) is 0 Å². The van der Waals surface area contributed by atoms with E-state index in [1.807, 2.05) is 0 Å². The Hall–Kier alpha value is -0.820. The average Bonchev–Trinajstić information content (AvgIpc) is 2.39. The first-order chi connectivity index (χ1) is 8.81. The van der Waals surface area contributed by atoms with E-state index in [0.29, 0.717) is 0 Å². The molecule has 0 aromatic heterocycles. The zero-order valence-electron chi connectivity index (χ0n) is 11.2. The molecule has 0 amide bonds.